The van der Waals surface area contributed by atoms with Gasteiger partial charge in [-0.2, -0.15) is 0 Å². The smallest absolute Gasteiger partial charge is 0.355 e. The predicted molar refractivity (Wildman–Crippen MR) is 106 cm³/mol. The van der Waals surface area contributed by atoms with E-state index < -0.39 is 11.8 Å². The molecule has 0 atom stereocenters. The Kier molecular flexibility index (Phi) is 7.40. The van der Waals surface area contributed by atoms with Crippen molar-refractivity contribution in [3.05, 3.63) is 45.7 Å². The highest BCUT2D eigenvalue weighted by Crippen LogP contribution is 2.20. The molecule has 5 nitrogen and oxygen atoms in total. The van der Waals surface area contributed by atoms with Gasteiger partial charge in [-0.25, -0.2) is 14.2 Å². The van der Waals surface area contributed by atoms with E-state index in [0.717, 1.165) is 19.6 Å². The molecule has 0 bridgehead atoms. The van der Waals surface area contributed by atoms with E-state index >= 15 is 0 Å². The average Bonchev–Trinajstić information content (AvgIpc) is 3.16. The summed E-state index contributed by atoms with van der Waals surface area (Å²) in [5, 5.41) is 9.04. The first-order chi connectivity index (χ1) is 13.6. The van der Waals surface area contributed by atoms with Crippen LogP contribution >= 0.6 is 11.3 Å². The van der Waals surface area contributed by atoms with E-state index in [1.807, 2.05) is 0 Å². The minimum absolute atomic E-state index is 0.0867. The van der Waals surface area contributed by atoms with E-state index in [4.69, 9.17) is 9.84 Å². The SMILES string of the molecule is O=C(O)c1ncsc1CCCOc1ccc(C#CCN2CCCCC2)cc1F. The van der Waals surface area contributed by atoms with Gasteiger partial charge >= 0.3 is 5.97 Å². The Morgan fingerprint density at radius 2 is 2.14 bits per heavy atom. The van der Waals surface area contributed by atoms with Gasteiger partial charge < -0.3 is 9.84 Å². The molecular weight excluding hydrogens is 379 g/mol. The standard InChI is InChI=1S/C21H23FN2O3S/c22-17-14-16(6-4-12-24-10-2-1-3-11-24)8-9-18(17)27-13-5-7-19-20(21(25)26)23-15-28-19/h8-9,14-15H,1-3,5,7,10-13H2,(H,25,26). The molecule has 2 aromatic rings. The van der Waals surface area contributed by atoms with Crippen molar-refractivity contribution in [3.8, 4) is 17.6 Å². The van der Waals surface area contributed by atoms with Crippen LogP contribution in [0.2, 0.25) is 0 Å². The first kappa shape index (κ1) is 20.3. The van der Waals surface area contributed by atoms with Crippen LogP contribution in [-0.4, -0.2) is 47.2 Å². The monoisotopic (exact) mass is 402 g/mol. The fraction of sp³-hybridized carbons (Fsp3) is 0.429. The van der Waals surface area contributed by atoms with Gasteiger partial charge in [-0.3, -0.25) is 4.90 Å². The lowest BCUT2D eigenvalue weighted by Crippen LogP contribution is -2.29. The van der Waals surface area contributed by atoms with E-state index in [1.54, 1.807) is 12.1 Å². The Bertz CT molecular complexity index is 866. The van der Waals surface area contributed by atoms with Crippen molar-refractivity contribution >= 4 is 17.3 Å². The Morgan fingerprint density at radius 1 is 1.32 bits per heavy atom. The molecule has 3 rings (SSSR count). The first-order valence-corrected chi connectivity index (χ1v) is 10.3. The largest absolute Gasteiger partial charge is 0.491 e. The molecule has 1 N–H and O–H groups in total. The number of carboxylic acid groups (broad SMARTS) is 1. The summed E-state index contributed by atoms with van der Waals surface area (Å²) >= 11 is 1.31. The summed E-state index contributed by atoms with van der Waals surface area (Å²) in [5.41, 5.74) is 2.24. The second-order valence-corrected chi connectivity index (χ2v) is 7.60. The zero-order chi connectivity index (χ0) is 19.8. The van der Waals surface area contributed by atoms with Gasteiger partial charge in [-0.05, 0) is 57.0 Å². The number of hydrogen-bond acceptors (Lipinski definition) is 5. The van der Waals surface area contributed by atoms with Gasteiger partial charge in [0.1, 0.15) is 0 Å². The number of likely N-dealkylation sites (tertiary alicyclic amines) is 1. The molecule has 0 aliphatic carbocycles. The molecule has 1 saturated heterocycles. The summed E-state index contributed by atoms with van der Waals surface area (Å²) < 4.78 is 19.7. The van der Waals surface area contributed by atoms with Crippen molar-refractivity contribution in [3.63, 3.8) is 0 Å². The van der Waals surface area contributed by atoms with Crippen LogP contribution in [0.15, 0.2) is 23.7 Å². The van der Waals surface area contributed by atoms with E-state index in [9.17, 15) is 9.18 Å². The van der Waals surface area contributed by atoms with Crippen molar-refractivity contribution in [2.24, 2.45) is 0 Å². The number of benzene rings is 1. The highest BCUT2D eigenvalue weighted by atomic mass is 32.1. The molecule has 1 aromatic carbocycles. The van der Waals surface area contributed by atoms with Crippen LogP contribution < -0.4 is 4.74 Å². The highest BCUT2D eigenvalue weighted by molar-refractivity contribution is 7.09. The third-order valence-electron chi connectivity index (χ3n) is 4.57. The van der Waals surface area contributed by atoms with Gasteiger partial charge in [-0.15, -0.1) is 11.3 Å². The Hall–Kier alpha value is -2.43. The molecule has 148 valence electrons. The molecule has 0 saturated carbocycles. The van der Waals surface area contributed by atoms with Crippen molar-refractivity contribution in [2.75, 3.05) is 26.2 Å². The summed E-state index contributed by atoms with van der Waals surface area (Å²) in [6, 6.07) is 4.74. The molecule has 7 heteroatoms. The Morgan fingerprint density at radius 3 is 2.89 bits per heavy atom. The first-order valence-electron chi connectivity index (χ1n) is 9.42. The molecule has 0 amide bonds. The minimum Gasteiger partial charge on any atom is -0.491 e. The number of aryl methyl sites for hydroxylation is 1. The lowest BCUT2D eigenvalue weighted by Gasteiger charge is -2.23. The number of halogens is 1. The van der Waals surface area contributed by atoms with Crippen molar-refractivity contribution < 1.29 is 19.0 Å². The van der Waals surface area contributed by atoms with E-state index in [-0.39, 0.29) is 11.4 Å². The second kappa shape index (κ2) is 10.2. The third-order valence-corrected chi connectivity index (χ3v) is 5.46. The summed E-state index contributed by atoms with van der Waals surface area (Å²) in [6.07, 6.45) is 4.86. The van der Waals surface area contributed by atoms with Crippen molar-refractivity contribution in [1.82, 2.24) is 9.88 Å². The van der Waals surface area contributed by atoms with E-state index in [2.05, 4.69) is 21.7 Å². The quantitative estimate of drug-likeness (QED) is 0.563. The number of piperidine rings is 1. The number of aromatic nitrogens is 1. The summed E-state index contributed by atoms with van der Waals surface area (Å²) in [4.78, 5) is 17.9. The molecule has 2 heterocycles. The van der Waals surface area contributed by atoms with Crippen LogP contribution in [0.4, 0.5) is 4.39 Å². The predicted octanol–water partition coefficient (Wildman–Crippen LogP) is 3.83. The Labute approximate surface area is 168 Å². The van der Waals surface area contributed by atoms with Crippen LogP contribution in [0.5, 0.6) is 5.75 Å². The number of hydrogen-bond donors (Lipinski definition) is 1. The molecule has 1 aromatic heterocycles. The Balaban J connectivity index is 1.46. The van der Waals surface area contributed by atoms with Crippen molar-refractivity contribution in [2.45, 2.75) is 32.1 Å². The number of aromatic carboxylic acids is 1. The molecule has 28 heavy (non-hydrogen) atoms. The van der Waals surface area contributed by atoms with Crippen LogP contribution in [0.25, 0.3) is 0 Å². The normalized spacial score (nSPS) is 14.3. The minimum atomic E-state index is -1.03. The zero-order valence-electron chi connectivity index (χ0n) is 15.6. The van der Waals surface area contributed by atoms with Crippen LogP contribution in [0, 0.1) is 17.7 Å². The fourth-order valence-corrected chi connectivity index (χ4v) is 3.90. The lowest BCUT2D eigenvalue weighted by molar-refractivity contribution is 0.0690. The third kappa shape index (κ3) is 5.78. The maximum Gasteiger partial charge on any atom is 0.355 e. The van der Waals surface area contributed by atoms with Gasteiger partial charge in [0.25, 0.3) is 0 Å². The number of carbonyl (C=O) groups is 1. The maximum absolute atomic E-state index is 14.2. The van der Waals surface area contributed by atoms with Crippen molar-refractivity contribution in [1.29, 1.82) is 0 Å². The van der Waals surface area contributed by atoms with Gasteiger partial charge in [0.15, 0.2) is 17.3 Å². The topological polar surface area (TPSA) is 62.7 Å². The molecule has 0 spiro atoms. The van der Waals surface area contributed by atoms with Crippen LogP contribution in [0.1, 0.15) is 46.6 Å². The molecule has 1 fully saturated rings. The highest BCUT2D eigenvalue weighted by Gasteiger charge is 2.13. The zero-order valence-corrected chi connectivity index (χ0v) is 16.4. The molecule has 1 aliphatic heterocycles. The molecule has 0 radical (unpaired) electrons. The number of thiazole rings is 1. The van der Waals surface area contributed by atoms with Gasteiger partial charge in [0, 0.05) is 10.4 Å². The van der Waals surface area contributed by atoms with Gasteiger partial charge in [0.2, 0.25) is 0 Å². The van der Waals surface area contributed by atoms with Crippen LogP contribution in [-0.2, 0) is 6.42 Å². The summed E-state index contributed by atoms with van der Waals surface area (Å²) in [7, 11) is 0. The van der Waals surface area contributed by atoms with E-state index in [1.165, 1.54) is 42.2 Å². The number of nitrogens with zero attached hydrogens (tertiary/aromatic N) is 2. The number of rotatable bonds is 7. The fourth-order valence-electron chi connectivity index (χ4n) is 3.10. The summed E-state index contributed by atoms with van der Waals surface area (Å²) in [6.45, 7) is 3.19. The number of ether oxygens (including phenoxy) is 1. The van der Waals surface area contributed by atoms with E-state index in [0.29, 0.717) is 29.9 Å². The average molecular weight is 402 g/mol. The maximum atomic E-state index is 14.2. The van der Waals surface area contributed by atoms with Gasteiger partial charge in [0.05, 0.1) is 18.7 Å². The molecular formula is C21H23FN2O3S. The van der Waals surface area contributed by atoms with Crippen LogP contribution in [0.3, 0.4) is 0 Å². The number of carboxylic acids is 1. The van der Waals surface area contributed by atoms with Gasteiger partial charge in [-0.1, -0.05) is 18.3 Å². The molecule has 0 unspecified atom stereocenters. The lowest BCUT2D eigenvalue weighted by atomic mass is 10.1. The second-order valence-electron chi connectivity index (χ2n) is 6.67. The summed E-state index contributed by atoms with van der Waals surface area (Å²) in [5.74, 6) is 4.85. The molecule has 1 aliphatic rings.